The molecular weight excluding hydrogens is 683 g/mol. The van der Waals surface area contributed by atoms with Gasteiger partial charge in [-0.25, -0.2) is 22.8 Å². The van der Waals surface area contributed by atoms with Crippen LogP contribution in [0.2, 0.25) is 0 Å². The van der Waals surface area contributed by atoms with Gasteiger partial charge in [0.15, 0.2) is 17.2 Å². The van der Waals surface area contributed by atoms with Gasteiger partial charge >= 0.3 is 11.9 Å². The number of halogens is 5. The van der Waals surface area contributed by atoms with Crippen molar-refractivity contribution in [3.05, 3.63) is 110 Å². The number of Topliss-reactive ketones (excluding diaryl/α,β-unsaturated/α-hetero) is 2. The Hall–Kier alpha value is -5.79. The lowest BCUT2D eigenvalue weighted by atomic mass is 9.71. The number of hydrogen-bond acceptors (Lipinski definition) is 9. The molecule has 0 radical (unpaired) electrons. The van der Waals surface area contributed by atoms with Crippen LogP contribution in [-0.2, 0) is 10.3 Å². The van der Waals surface area contributed by atoms with Crippen molar-refractivity contribution in [2.75, 3.05) is 0 Å². The largest absolute Gasteiger partial charge is 0.508 e. The molecule has 0 aliphatic carbocycles. The van der Waals surface area contributed by atoms with E-state index in [0.29, 0.717) is 0 Å². The van der Waals surface area contributed by atoms with Crippen LogP contribution in [0.3, 0.4) is 0 Å². The summed E-state index contributed by atoms with van der Waals surface area (Å²) < 4.78 is 88.6. The molecule has 0 saturated carbocycles. The molecule has 9 nitrogen and oxygen atoms in total. The van der Waals surface area contributed by atoms with Crippen LogP contribution >= 0.6 is 0 Å². The van der Waals surface area contributed by atoms with E-state index in [-0.39, 0.29) is 39.7 Å². The first-order valence-corrected chi connectivity index (χ1v) is 15.2. The molecule has 0 amide bonds. The number of ketones is 2. The van der Waals surface area contributed by atoms with Crippen molar-refractivity contribution in [3.63, 3.8) is 0 Å². The molecule has 0 atom stereocenters. The summed E-state index contributed by atoms with van der Waals surface area (Å²) in [7, 11) is 0. The Labute approximate surface area is 286 Å². The third kappa shape index (κ3) is 5.19. The summed E-state index contributed by atoms with van der Waals surface area (Å²) >= 11 is 0. The van der Waals surface area contributed by atoms with Gasteiger partial charge in [-0.05, 0) is 30.3 Å². The van der Waals surface area contributed by atoms with Crippen molar-refractivity contribution in [1.82, 2.24) is 0 Å². The Kier molecular flexibility index (Phi) is 7.81. The Morgan fingerprint density at radius 1 is 0.667 bits per heavy atom. The fourth-order valence-electron chi connectivity index (χ4n) is 6.05. The first-order chi connectivity index (χ1) is 23.6. The molecule has 2 aliphatic heterocycles. The lowest BCUT2D eigenvalue weighted by Crippen LogP contribution is -2.34. The predicted octanol–water partition coefficient (Wildman–Crippen LogP) is 8.04. The number of hydrogen-bond donors (Lipinski definition) is 2. The summed E-state index contributed by atoms with van der Waals surface area (Å²) in [5.74, 6) is -19.9. The smallest absolute Gasteiger partial charge is 0.344 e. The van der Waals surface area contributed by atoms with Crippen LogP contribution < -0.4 is 9.47 Å². The zero-order valence-electron chi connectivity index (χ0n) is 27.7. The molecule has 2 heterocycles. The van der Waals surface area contributed by atoms with E-state index in [2.05, 4.69) is 0 Å². The Bertz CT molecular complexity index is 2180. The minimum atomic E-state index is -2.52. The van der Waals surface area contributed by atoms with Gasteiger partial charge in [0.1, 0.15) is 23.0 Å². The molecule has 2 N–H and O–H groups in total. The van der Waals surface area contributed by atoms with Crippen LogP contribution in [0, 0.1) is 39.9 Å². The van der Waals surface area contributed by atoms with Crippen molar-refractivity contribution < 1.29 is 65.6 Å². The average molecular weight is 711 g/mol. The number of ether oxygens (including phenoxy) is 3. The molecule has 264 valence electrons. The number of carbonyl (C=O) groups is 4. The van der Waals surface area contributed by atoms with E-state index in [4.69, 9.17) is 14.2 Å². The van der Waals surface area contributed by atoms with E-state index in [1.165, 1.54) is 65.8 Å². The molecule has 6 rings (SSSR count). The maximum absolute atomic E-state index is 14.8. The SMILES string of the molecule is CC(C)(C)C(=O)c1c(C(=O)Oc2c(F)c(F)c(F)c(F)c2F)cc2c(c1C(=O)C(C)(C)C)C(=O)OC21c2ccc(O)cc2Oc2cc(O)ccc21. The minimum absolute atomic E-state index is 0.0359. The van der Waals surface area contributed by atoms with Gasteiger partial charge in [0.05, 0.1) is 11.1 Å². The zero-order chi connectivity index (χ0) is 37.7. The van der Waals surface area contributed by atoms with E-state index in [0.717, 1.165) is 18.2 Å². The van der Waals surface area contributed by atoms with E-state index in [1.54, 1.807) is 0 Å². The molecule has 14 heteroatoms. The van der Waals surface area contributed by atoms with E-state index >= 15 is 0 Å². The number of fused-ring (bicyclic) bond motifs is 6. The maximum Gasteiger partial charge on any atom is 0.344 e. The molecular formula is C37H27F5O9. The number of phenolic OH excluding ortho intramolecular Hbond substituents is 2. The highest BCUT2D eigenvalue weighted by Crippen LogP contribution is 2.58. The molecule has 4 aromatic rings. The summed E-state index contributed by atoms with van der Waals surface area (Å²) in [4.78, 5) is 56.8. The number of phenols is 2. The highest BCUT2D eigenvalue weighted by Gasteiger charge is 2.57. The lowest BCUT2D eigenvalue weighted by Gasteiger charge is -2.36. The molecule has 0 bridgehead atoms. The minimum Gasteiger partial charge on any atom is -0.508 e. The zero-order valence-corrected chi connectivity index (χ0v) is 27.7. The number of aromatic hydroxyl groups is 2. The van der Waals surface area contributed by atoms with E-state index in [1.807, 2.05) is 0 Å². The second kappa shape index (κ2) is 11.4. The lowest BCUT2D eigenvalue weighted by molar-refractivity contribution is 0.0223. The first kappa shape index (κ1) is 35.1. The molecule has 0 aromatic heterocycles. The monoisotopic (exact) mass is 710 g/mol. The second-order valence-corrected chi connectivity index (χ2v) is 14.1. The molecule has 4 aromatic carbocycles. The molecule has 2 aliphatic rings. The third-order valence-corrected chi connectivity index (χ3v) is 8.47. The average Bonchev–Trinajstić information content (AvgIpc) is 3.33. The Morgan fingerprint density at radius 2 is 1.12 bits per heavy atom. The normalized spacial score (nSPS) is 14.3. The topological polar surface area (TPSA) is 136 Å². The standard InChI is InChI=1S/C37H27F5O9/c1-35(2,3)31(45)22-16(33(47)50-30-28(41)26(39)25(38)27(40)29(30)42)13-19-23(24(22)32(46)36(4,5)6)34(48)51-37(19)17-9-7-14(43)11-20(17)49-21-12-15(44)8-10-18(21)37/h7-13,43-44H,1-6H3. The van der Waals surface area contributed by atoms with Gasteiger partial charge in [-0.15, -0.1) is 0 Å². The van der Waals surface area contributed by atoms with Gasteiger partial charge in [0.2, 0.25) is 34.8 Å². The fraction of sp³-hybridized carbons (Fsp3) is 0.243. The molecule has 0 fully saturated rings. The highest BCUT2D eigenvalue weighted by atomic mass is 19.2. The number of rotatable bonds is 4. The first-order valence-electron chi connectivity index (χ1n) is 15.2. The van der Waals surface area contributed by atoms with Gasteiger partial charge in [-0.1, -0.05) is 41.5 Å². The van der Waals surface area contributed by atoms with Crippen molar-refractivity contribution in [1.29, 1.82) is 0 Å². The van der Waals surface area contributed by atoms with Crippen molar-refractivity contribution in [2.24, 2.45) is 10.8 Å². The van der Waals surface area contributed by atoms with Crippen molar-refractivity contribution >= 4 is 23.5 Å². The van der Waals surface area contributed by atoms with Gasteiger partial charge < -0.3 is 24.4 Å². The predicted molar refractivity (Wildman–Crippen MR) is 167 cm³/mol. The maximum atomic E-state index is 14.8. The summed E-state index contributed by atoms with van der Waals surface area (Å²) in [6, 6.07) is 8.30. The summed E-state index contributed by atoms with van der Waals surface area (Å²) in [5.41, 5.74) is -7.83. The van der Waals surface area contributed by atoms with Crippen LogP contribution in [0.15, 0.2) is 42.5 Å². The number of esters is 2. The Balaban J connectivity index is 1.78. The highest BCUT2D eigenvalue weighted by molar-refractivity contribution is 6.22. The molecule has 0 saturated heterocycles. The van der Waals surface area contributed by atoms with E-state index in [9.17, 15) is 51.3 Å². The summed E-state index contributed by atoms with van der Waals surface area (Å²) in [6.45, 7) is 8.60. The summed E-state index contributed by atoms with van der Waals surface area (Å²) in [5, 5.41) is 20.6. The van der Waals surface area contributed by atoms with Gasteiger partial charge in [-0.2, -0.15) is 8.78 Å². The van der Waals surface area contributed by atoms with Gasteiger partial charge in [0, 0.05) is 50.8 Å². The van der Waals surface area contributed by atoms with Crippen LogP contribution in [0.5, 0.6) is 28.7 Å². The number of carbonyl (C=O) groups excluding carboxylic acids is 4. The van der Waals surface area contributed by atoms with Crippen molar-refractivity contribution in [2.45, 2.75) is 47.1 Å². The molecule has 1 spiro atoms. The van der Waals surface area contributed by atoms with Crippen LogP contribution in [0.25, 0.3) is 0 Å². The second-order valence-electron chi connectivity index (χ2n) is 14.1. The van der Waals surface area contributed by atoms with Crippen molar-refractivity contribution in [3.8, 4) is 28.7 Å². The fourth-order valence-corrected chi connectivity index (χ4v) is 6.05. The van der Waals surface area contributed by atoms with Crippen LogP contribution in [-0.4, -0.2) is 33.7 Å². The molecule has 51 heavy (non-hydrogen) atoms. The van der Waals surface area contributed by atoms with Gasteiger partial charge in [-0.3, -0.25) is 9.59 Å². The number of benzene rings is 4. The van der Waals surface area contributed by atoms with Gasteiger partial charge in [0.25, 0.3) is 0 Å². The Morgan fingerprint density at radius 3 is 1.59 bits per heavy atom. The van der Waals surface area contributed by atoms with Crippen LogP contribution in [0.1, 0.15) is 99.7 Å². The van der Waals surface area contributed by atoms with E-state index < -0.39 is 97.0 Å². The summed E-state index contributed by atoms with van der Waals surface area (Å²) in [6.07, 6.45) is 0. The van der Waals surface area contributed by atoms with Crippen LogP contribution in [0.4, 0.5) is 22.0 Å². The molecule has 0 unspecified atom stereocenters. The quantitative estimate of drug-likeness (QED) is 0.0539. The third-order valence-electron chi connectivity index (χ3n) is 8.47.